The molecule has 3 heterocycles. The van der Waals surface area contributed by atoms with Gasteiger partial charge in [0.2, 0.25) is 17.7 Å². The number of nitrogens with one attached hydrogen (secondary N) is 3. The van der Waals surface area contributed by atoms with Gasteiger partial charge in [-0.05, 0) is 98.8 Å². The normalized spacial score (nSPS) is 17.6. The molecule has 2 aliphatic rings. The fraction of sp³-hybridized carbons (Fsp3) is 0.404. The van der Waals surface area contributed by atoms with Crippen LogP contribution in [0.3, 0.4) is 0 Å². The highest BCUT2D eigenvalue weighted by Crippen LogP contribution is 2.40. The molecule has 1 aromatic heterocycles. The summed E-state index contributed by atoms with van der Waals surface area (Å²) >= 11 is 7.06. The van der Waals surface area contributed by atoms with E-state index >= 15 is 4.39 Å². The Morgan fingerprint density at radius 1 is 1.01 bits per heavy atom. The van der Waals surface area contributed by atoms with E-state index in [4.69, 9.17) is 12.2 Å². The Kier molecular flexibility index (Phi) is 14.9. The first-order chi connectivity index (χ1) is 31.4. The number of β-amino-alcohol motifs (C(OH)–C–C–N with tert-alkyl or cyclic N) is 1. The van der Waals surface area contributed by atoms with Gasteiger partial charge in [0.25, 0.3) is 11.8 Å². The number of aliphatic hydroxyl groups excluding tert-OH is 1. The molecular formula is C47H50F4N8O6S2. The Morgan fingerprint density at radius 2 is 1.70 bits per heavy atom. The van der Waals surface area contributed by atoms with Gasteiger partial charge in [-0.15, -0.1) is 11.3 Å². The second kappa shape index (κ2) is 19.9. The van der Waals surface area contributed by atoms with E-state index in [2.05, 4.69) is 20.9 Å². The van der Waals surface area contributed by atoms with E-state index in [0.717, 1.165) is 44.8 Å². The molecule has 0 unspecified atom stereocenters. The number of alkyl halides is 3. The average molecular weight is 963 g/mol. The largest absolute Gasteiger partial charge is 0.417 e. The van der Waals surface area contributed by atoms with Crippen LogP contribution in [0.15, 0.2) is 66.2 Å². The molecule has 3 aromatic carbocycles. The Bertz CT molecular complexity index is 2620. The second-order valence-corrected chi connectivity index (χ2v) is 19.2. The molecule has 354 valence electrons. The van der Waals surface area contributed by atoms with Crippen LogP contribution in [-0.4, -0.2) is 86.5 Å². The van der Waals surface area contributed by atoms with E-state index in [1.54, 1.807) is 26.3 Å². The van der Waals surface area contributed by atoms with Gasteiger partial charge < -0.3 is 30.9 Å². The highest BCUT2D eigenvalue weighted by molar-refractivity contribution is 7.81. The third-order valence-electron chi connectivity index (χ3n) is 11.6. The van der Waals surface area contributed by atoms with Crippen LogP contribution in [0.1, 0.15) is 93.0 Å². The number of amides is 5. The van der Waals surface area contributed by atoms with E-state index in [1.807, 2.05) is 31.2 Å². The predicted octanol–water partition coefficient (Wildman–Crippen LogP) is 6.77. The lowest BCUT2D eigenvalue weighted by atomic mass is 9.85. The number of unbranched alkanes of at least 4 members (excludes halogenated alkanes) is 1. The summed E-state index contributed by atoms with van der Waals surface area (Å²) in [5.74, 6) is -3.82. The Balaban J connectivity index is 1.00. The number of anilines is 2. The molecule has 0 saturated carbocycles. The minimum absolute atomic E-state index is 0.0199. The number of halogens is 4. The Labute approximate surface area is 394 Å². The summed E-state index contributed by atoms with van der Waals surface area (Å²) in [7, 11) is 0. The first-order valence-corrected chi connectivity index (χ1v) is 22.7. The standard InChI is InChI=1S/C47H50F4N8O6S2/c1-26-38(67-25-55-26)28-12-10-27(11-13-28)23-54-41(63)36-21-32(60)24-57(36)42(64)39(45(2,3)4)56-37(61)9-7-8-18-53-40(62)33-17-16-31(20-35(33)48)59-44(66)58(43(65)46(59,5)6)30-15-14-29(22-52)34(19-30)47(49,50)51/h10-17,19-20,25,32,36,39,60H,7-9,18,21,23-24H2,1-6H3,(H,53,62)(H,54,63)(H,56,61)/t32-,36+,39-/m1/s1. The molecule has 14 nitrogen and oxygen atoms in total. The number of benzene rings is 3. The van der Waals surface area contributed by atoms with Crippen LogP contribution in [0, 0.1) is 29.5 Å². The minimum Gasteiger partial charge on any atom is -0.391 e. The van der Waals surface area contributed by atoms with Crippen molar-refractivity contribution in [2.24, 2.45) is 5.41 Å². The average Bonchev–Trinajstić information content (AvgIpc) is 3.93. The van der Waals surface area contributed by atoms with Crippen molar-refractivity contribution in [1.82, 2.24) is 25.8 Å². The molecule has 3 atom stereocenters. The maximum atomic E-state index is 15.5. The number of hydrogen-bond acceptors (Lipinski definition) is 10. The molecule has 0 spiro atoms. The number of hydrogen-bond donors (Lipinski definition) is 4. The third kappa shape index (κ3) is 11.0. The molecule has 4 aromatic rings. The first-order valence-electron chi connectivity index (χ1n) is 21.4. The number of rotatable bonds is 14. The van der Waals surface area contributed by atoms with Crippen molar-refractivity contribution in [2.75, 3.05) is 22.9 Å². The lowest BCUT2D eigenvalue weighted by molar-refractivity contribution is -0.144. The summed E-state index contributed by atoms with van der Waals surface area (Å²) in [6.07, 6.45) is -5.22. The van der Waals surface area contributed by atoms with Crippen molar-refractivity contribution in [2.45, 2.75) is 104 Å². The molecule has 2 aliphatic heterocycles. The molecular weight excluding hydrogens is 913 g/mol. The van der Waals surface area contributed by atoms with Crippen molar-refractivity contribution in [3.63, 3.8) is 0 Å². The fourth-order valence-corrected chi connectivity index (χ4v) is 9.34. The molecule has 20 heteroatoms. The van der Waals surface area contributed by atoms with Crippen molar-refractivity contribution in [3.8, 4) is 16.5 Å². The van der Waals surface area contributed by atoms with Crippen LogP contribution in [0.25, 0.3) is 10.4 Å². The van der Waals surface area contributed by atoms with E-state index in [1.165, 1.54) is 53.2 Å². The number of thiazole rings is 1. The summed E-state index contributed by atoms with van der Waals surface area (Å²) in [5, 5.41) is 27.8. The molecule has 2 saturated heterocycles. The molecule has 0 bridgehead atoms. The van der Waals surface area contributed by atoms with Crippen LogP contribution in [0.4, 0.5) is 28.9 Å². The van der Waals surface area contributed by atoms with E-state index in [9.17, 15) is 47.5 Å². The third-order valence-corrected chi connectivity index (χ3v) is 13.0. The lowest BCUT2D eigenvalue weighted by Gasteiger charge is -2.35. The van der Waals surface area contributed by atoms with Gasteiger partial charge in [-0.25, -0.2) is 9.37 Å². The molecule has 67 heavy (non-hydrogen) atoms. The number of nitriles is 1. The van der Waals surface area contributed by atoms with Gasteiger partial charge in [-0.3, -0.25) is 28.9 Å². The maximum Gasteiger partial charge on any atom is 0.417 e. The number of carbonyl (C=O) groups excluding carboxylic acids is 5. The highest BCUT2D eigenvalue weighted by Gasteiger charge is 2.51. The number of aromatic nitrogens is 1. The van der Waals surface area contributed by atoms with Crippen LogP contribution < -0.4 is 25.8 Å². The summed E-state index contributed by atoms with van der Waals surface area (Å²) in [6, 6.07) is 13.5. The van der Waals surface area contributed by atoms with Gasteiger partial charge in [0.15, 0.2) is 5.11 Å². The lowest BCUT2D eigenvalue weighted by Crippen LogP contribution is -2.57. The van der Waals surface area contributed by atoms with Gasteiger partial charge in [0.05, 0.1) is 50.6 Å². The van der Waals surface area contributed by atoms with Crippen molar-refractivity contribution in [3.05, 3.63) is 99.9 Å². The first kappa shape index (κ1) is 50.1. The molecule has 6 rings (SSSR count). The quantitative estimate of drug-likeness (QED) is 0.0597. The Hall–Kier alpha value is -6.30. The Morgan fingerprint density at radius 3 is 2.31 bits per heavy atom. The zero-order valence-electron chi connectivity index (χ0n) is 37.6. The van der Waals surface area contributed by atoms with Crippen LogP contribution in [0.5, 0.6) is 0 Å². The van der Waals surface area contributed by atoms with Crippen LogP contribution in [0.2, 0.25) is 0 Å². The molecule has 5 amide bonds. The zero-order chi connectivity index (χ0) is 49.2. The van der Waals surface area contributed by atoms with Crippen LogP contribution >= 0.6 is 23.6 Å². The van der Waals surface area contributed by atoms with E-state index < -0.39 is 81.8 Å². The number of thiocarbonyl (C=S) groups is 1. The number of aliphatic hydroxyl groups is 1. The topological polar surface area (TPSA) is 188 Å². The van der Waals surface area contributed by atoms with E-state index in [-0.39, 0.29) is 60.9 Å². The van der Waals surface area contributed by atoms with Crippen molar-refractivity contribution >= 4 is 69.6 Å². The van der Waals surface area contributed by atoms with Crippen molar-refractivity contribution in [1.29, 1.82) is 5.26 Å². The summed E-state index contributed by atoms with van der Waals surface area (Å²) < 4.78 is 56.8. The number of aryl methyl sites for hydroxylation is 1. The number of nitrogens with zero attached hydrogens (tertiary/aromatic N) is 5. The smallest absolute Gasteiger partial charge is 0.391 e. The second-order valence-electron chi connectivity index (χ2n) is 18.0. The van der Waals surface area contributed by atoms with Crippen LogP contribution in [-0.2, 0) is 31.9 Å². The van der Waals surface area contributed by atoms with Gasteiger partial charge in [-0.1, -0.05) is 45.0 Å². The summed E-state index contributed by atoms with van der Waals surface area (Å²) in [5.41, 5.74) is -0.0930. The number of likely N-dealkylation sites (tertiary alicyclic amines) is 1. The van der Waals surface area contributed by atoms with E-state index in [0.29, 0.717) is 12.5 Å². The highest BCUT2D eigenvalue weighted by atomic mass is 32.1. The monoisotopic (exact) mass is 962 g/mol. The van der Waals surface area contributed by atoms with Crippen molar-refractivity contribution < 1.29 is 46.6 Å². The van der Waals surface area contributed by atoms with Gasteiger partial charge in [0, 0.05) is 38.2 Å². The van der Waals surface area contributed by atoms with Gasteiger partial charge in [-0.2, -0.15) is 18.4 Å². The van der Waals surface area contributed by atoms with Gasteiger partial charge >= 0.3 is 6.18 Å². The maximum absolute atomic E-state index is 15.5. The van der Waals surface area contributed by atoms with Gasteiger partial charge in [0.1, 0.15) is 23.4 Å². The number of carbonyl (C=O) groups is 5. The minimum atomic E-state index is -4.89. The molecule has 0 radical (unpaired) electrons. The fourth-order valence-electron chi connectivity index (χ4n) is 8.01. The zero-order valence-corrected chi connectivity index (χ0v) is 39.2. The molecule has 2 fully saturated rings. The summed E-state index contributed by atoms with van der Waals surface area (Å²) in [4.78, 5) is 76.1. The summed E-state index contributed by atoms with van der Waals surface area (Å²) in [6.45, 7) is 10.4. The predicted molar refractivity (Wildman–Crippen MR) is 247 cm³/mol. The molecule has 4 N–H and O–H groups in total. The molecule has 0 aliphatic carbocycles. The SMILES string of the molecule is Cc1ncsc1-c1ccc(CNC(=O)[C@@H]2C[C@@H](O)CN2C(=O)[C@@H](NC(=O)CCCCNC(=O)c2ccc(N3C(=S)N(c4ccc(C#N)c(C(F)(F)F)c4)C(=O)C3(C)C)cc2F)C(C)(C)C)cc1.